The number of nitrogens with zero attached hydrogens (tertiary/aromatic N) is 2. The second kappa shape index (κ2) is 10.4. The number of hydrogen-bond acceptors (Lipinski definition) is 4. The zero-order chi connectivity index (χ0) is 22.2. The number of nitrogens with one attached hydrogen (secondary N) is 2. The summed E-state index contributed by atoms with van der Waals surface area (Å²) >= 11 is 0. The van der Waals surface area contributed by atoms with Crippen LogP contribution in [0.5, 0.6) is 5.75 Å². The number of carbonyl (C=O) groups is 2. The first kappa shape index (κ1) is 22.1. The van der Waals surface area contributed by atoms with E-state index in [1.54, 1.807) is 24.3 Å². The first-order valence-corrected chi connectivity index (χ1v) is 10.4. The number of hydrogen-bond donors (Lipinski definition) is 2. The highest BCUT2D eigenvalue weighted by molar-refractivity contribution is 5.96. The molecule has 3 rings (SSSR count). The minimum atomic E-state index is -0.302. The van der Waals surface area contributed by atoms with Gasteiger partial charge in [-0.1, -0.05) is 18.2 Å². The lowest BCUT2D eigenvalue weighted by Crippen LogP contribution is -2.41. The highest BCUT2D eigenvalue weighted by Crippen LogP contribution is 2.14. The van der Waals surface area contributed by atoms with Gasteiger partial charge in [0.2, 0.25) is 5.91 Å². The summed E-state index contributed by atoms with van der Waals surface area (Å²) in [6.45, 7) is 6.26. The van der Waals surface area contributed by atoms with E-state index in [-0.39, 0.29) is 24.4 Å². The maximum atomic E-state index is 12.3. The van der Waals surface area contributed by atoms with Crippen molar-refractivity contribution in [2.24, 2.45) is 0 Å². The van der Waals surface area contributed by atoms with Gasteiger partial charge in [-0.05, 0) is 63.2 Å². The first-order valence-electron chi connectivity index (χ1n) is 10.4. The predicted octanol–water partition coefficient (Wildman–Crippen LogP) is 3.06. The molecule has 1 aromatic heterocycles. The zero-order valence-corrected chi connectivity index (χ0v) is 18.1. The van der Waals surface area contributed by atoms with Gasteiger partial charge in [-0.2, -0.15) is 5.10 Å². The third-order valence-corrected chi connectivity index (χ3v) is 4.67. The Morgan fingerprint density at radius 3 is 2.48 bits per heavy atom. The van der Waals surface area contributed by atoms with Crippen LogP contribution in [-0.2, 0) is 11.2 Å². The molecule has 0 fully saturated rings. The fourth-order valence-electron chi connectivity index (χ4n) is 3.31. The summed E-state index contributed by atoms with van der Waals surface area (Å²) < 4.78 is 7.26. The van der Waals surface area contributed by atoms with Crippen LogP contribution in [0, 0.1) is 6.92 Å². The maximum absolute atomic E-state index is 12.3. The maximum Gasteiger partial charge on any atom is 0.251 e. The summed E-state index contributed by atoms with van der Waals surface area (Å²) in [5.41, 5.74) is 3.38. The van der Waals surface area contributed by atoms with Gasteiger partial charge in [-0.3, -0.25) is 9.59 Å². The molecule has 0 radical (unpaired) electrons. The topological polar surface area (TPSA) is 85.2 Å². The molecule has 0 unspecified atom stereocenters. The minimum absolute atomic E-state index is 0.0899. The number of amides is 2. The van der Waals surface area contributed by atoms with Gasteiger partial charge in [-0.15, -0.1) is 0 Å². The SMILES string of the molecule is CCOc1ccc(C(=O)NCC(=O)N[C@@H](C)Cc2cc(C)nn2-c2ccccc2)cc1. The Kier molecular flexibility index (Phi) is 7.43. The van der Waals surface area contributed by atoms with E-state index in [4.69, 9.17) is 4.74 Å². The van der Waals surface area contributed by atoms with Gasteiger partial charge in [0.25, 0.3) is 5.91 Å². The Bertz CT molecular complexity index is 1010. The van der Waals surface area contributed by atoms with E-state index in [2.05, 4.69) is 15.7 Å². The largest absolute Gasteiger partial charge is 0.494 e. The number of rotatable bonds is 9. The molecule has 7 heteroatoms. The van der Waals surface area contributed by atoms with Crippen LogP contribution in [0.1, 0.15) is 35.6 Å². The molecular formula is C24H28N4O3. The molecule has 7 nitrogen and oxygen atoms in total. The summed E-state index contributed by atoms with van der Waals surface area (Å²) in [5.74, 6) is 0.161. The van der Waals surface area contributed by atoms with Crippen LogP contribution < -0.4 is 15.4 Å². The van der Waals surface area contributed by atoms with Crippen LogP contribution >= 0.6 is 0 Å². The Morgan fingerprint density at radius 2 is 1.81 bits per heavy atom. The molecule has 0 aliphatic rings. The van der Waals surface area contributed by atoms with Crippen molar-refractivity contribution in [2.45, 2.75) is 33.2 Å². The molecule has 2 aromatic carbocycles. The number of aromatic nitrogens is 2. The summed E-state index contributed by atoms with van der Waals surface area (Å²) in [5, 5.41) is 10.1. The fourth-order valence-corrected chi connectivity index (χ4v) is 3.31. The summed E-state index contributed by atoms with van der Waals surface area (Å²) in [6.07, 6.45) is 0.619. The molecule has 0 spiro atoms. The van der Waals surface area contributed by atoms with E-state index in [1.165, 1.54) is 0 Å². The predicted molar refractivity (Wildman–Crippen MR) is 120 cm³/mol. The van der Waals surface area contributed by atoms with Crippen LogP contribution in [0.4, 0.5) is 0 Å². The molecule has 31 heavy (non-hydrogen) atoms. The number of benzene rings is 2. The van der Waals surface area contributed by atoms with Crippen molar-refractivity contribution in [3.05, 3.63) is 77.6 Å². The van der Waals surface area contributed by atoms with E-state index < -0.39 is 0 Å². The quantitative estimate of drug-likeness (QED) is 0.557. The highest BCUT2D eigenvalue weighted by Gasteiger charge is 2.14. The average molecular weight is 421 g/mol. The molecule has 162 valence electrons. The normalized spacial score (nSPS) is 11.6. The van der Waals surface area contributed by atoms with Gasteiger partial charge in [0.1, 0.15) is 5.75 Å². The lowest BCUT2D eigenvalue weighted by molar-refractivity contribution is -0.120. The molecule has 0 bridgehead atoms. The molecule has 1 heterocycles. The molecule has 2 N–H and O–H groups in total. The first-order chi connectivity index (χ1) is 15.0. The molecule has 3 aromatic rings. The van der Waals surface area contributed by atoms with E-state index in [1.807, 2.05) is 61.9 Å². The molecule has 0 aliphatic carbocycles. The van der Waals surface area contributed by atoms with Crippen molar-refractivity contribution in [1.82, 2.24) is 20.4 Å². The molecule has 0 saturated heterocycles. The van der Waals surface area contributed by atoms with Gasteiger partial charge < -0.3 is 15.4 Å². The summed E-state index contributed by atoms with van der Waals surface area (Å²) in [6, 6.07) is 18.6. The van der Waals surface area contributed by atoms with Crippen molar-refractivity contribution in [1.29, 1.82) is 0 Å². The van der Waals surface area contributed by atoms with Crippen molar-refractivity contribution in [3.8, 4) is 11.4 Å². The second-order valence-electron chi connectivity index (χ2n) is 7.34. The smallest absolute Gasteiger partial charge is 0.251 e. The van der Waals surface area contributed by atoms with Crippen LogP contribution in [0.2, 0.25) is 0 Å². The van der Waals surface area contributed by atoms with Gasteiger partial charge in [0.15, 0.2) is 0 Å². The van der Waals surface area contributed by atoms with Gasteiger partial charge in [-0.25, -0.2) is 4.68 Å². The number of carbonyl (C=O) groups excluding carboxylic acids is 2. The summed E-state index contributed by atoms with van der Waals surface area (Å²) in [7, 11) is 0. The zero-order valence-electron chi connectivity index (χ0n) is 18.1. The van der Waals surface area contributed by atoms with Gasteiger partial charge in [0.05, 0.1) is 24.5 Å². The molecule has 0 aliphatic heterocycles. The highest BCUT2D eigenvalue weighted by atomic mass is 16.5. The van der Waals surface area contributed by atoms with E-state index in [9.17, 15) is 9.59 Å². The molecular weight excluding hydrogens is 392 g/mol. The third kappa shape index (κ3) is 6.18. The van der Waals surface area contributed by atoms with Gasteiger partial charge in [0, 0.05) is 23.7 Å². The summed E-state index contributed by atoms with van der Waals surface area (Å²) in [4.78, 5) is 24.6. The Labute approximate surface area is 182 Å². The standard InChI is InChI=1S/C24H28N4O3/c1-4-31-22-12-10-19(11-13-22)24(30)25-16-23(29)26-17(2)14-21-15-18(3)27-28(21)20-8-6-5-7-9-20/h5-13,15,17H,4,14,16H2,1-3H3,(H,25,30)(H,26,29)/t17-/m0/s1. The molecule has 2 amide bonds. The van der Waals surface area contributed by atoms with Crippen LogP contribution in [0.25, 0.3) is 5.69 Å². The Balaban J connectivity index is 1.51. The van der Waals surface area contributed by atoms with Crippen molar-refractivity contribution >= 4 is 11.8 Å². The van der Waals surface area contributed by atoms with Crippen LogP contribution in [0.3, 0.4) is 0 Å². The van der Waals surface area contributed by atoms with E-state index in [0.717, 1.165) is 17.1 Å². The van der Waals surface area contributed by atoms with Crippen molar-refractivity contribution in [2.75, 3.05) is 13.2 Å². The minimum Gasteiger partial charge on any atom is -0.494 e. The number of ether oxygens (including phenoxy) is 1. The van der Waals surface area contributed by atoms with Crippen LogP contribution in [-0.4, -0.2) is 40.8 Å². The molecule has 0 saturated carbocycles. The fraction of sp³-hybridized carbons (Fsp3) is 0.292. The van der Waals surface area contributed by atoms with Crippen molar-refractivity contribution in [3.63, 3.8) is 0 Å². The van der Waals surface area contributed by atoms with Gasteiger partial charge >= 0.3 is 0 Å². The van der Waals surface area contributed by atoms with Crippen molar-refractivity contribution < 1.29 is 14.3 Å². The van der Waals surface area contributed by atoms with Crippen LogP contribution in [0.15, 0.2) is 60.7 Å². The van der Waals surface area contributed by atoms with E-state index >= 15 is 0 Å². The Morgan fingerprint density at radius 1 is 1.10 bits per heavy atom. The molecule has 1 atom stereocenters. The third-order valence-electron chi connectivity index (χ3n) is 4.67. The lowest BCUT2D eigenvalue weighted by Gasteiger charge is -2.15. The number of aryl methyl sites for hydroxylation is 1. The average Bonchev–Trinajstić information content (AvgIpc) is 3.13. The lowest BCUT2D eigenvalue weighted by atomic mass is 10.1. The van der Waals surface area contributed by atoms with E-state index in [0.29, 0.717) is 24.3 Å². The second-order valence-corrected chi connectivity index (χ2v) is 7.34. The Hall–Kier alpha value is -3.61. The monoisotopic (exact) mass is 420 g/mol. The number of para-hydroxylation sites is 1.